The van der Waals surface area contributed by atoms with Crippen molar-refractivity contribution in [3.63, 3.8) is 0 Å². The van der Waals surface area contributed by atoms with Gasteiger partial charge < -0.3 is 16.0 Å². The largest absolute Gasteiger partial charge is 0.352 e. The van der Waals surface area contributed by atoms with Gasteiger partial charge in [-0.05, 0) is 31.5 Å². The number of nitrogens with one attached hydrogen (secondary N) is 1. The molecule has 0 fully saturated rings. The molecule has 0 aliphatic rings. The van der Waals surface area contributed by atoms with Gasteiger partial charge in [0.15, 0.2) is 0 Å². The van der Waals surface area contributed by atoms with Gasteiger partial charge >= 0.3 is 0 Å². The highest BCUT2D eigenvalue weighted by Gasteiger charge is 2.15. The van der Waals surface area contributed by atoms with Crippen molar-refractivity contribution in [1.29, 1.82) is 0 Å². The summed E-state index contributed by atoms with van der Waals surface area (Å²) in [5, 5.41) is 2.75. The molecule has 0 radical (unpaired) electrons. The van der Waals surface area contributed by atoms with Crippen molar-refractivity contribution in [3.8, 4) is 0 Å². The number of likely N-dealkylation sites (N-methyl/N-ethyl adjacent to an activating group) is 1. The lowest BCUT2D eigenvalue weighted by Gasteiger charge is -2.18. The van der Waals surface area contributed by atoms with E-state index in [1.165, 1.54) is 4.90 Å². The minimum atomic E-state index is -0.178. The number of rotatable bonds is 5. The maximum Gasteiger partial charge on any atom is 0.254 e. The molecule has 6 heteroatoms. The maximum absolute atomic E-state index is 12.1. The molecule has 1 aromatic rings. The number of hydrogen-bond donors (Lipinski definition) is 2. The van der Waals surface area contributed by atoms with Crippen LogP contribution in [0.25, 0.3) is 0 Å². The van der Waals surface area contributed by atoms with Crippen LogP contribution >= 0.6 is 12.4 Å². The lowest BCUT2D eigenvalue weighted by molar-refractivity contribution is -0.122. The van der Waals surface area contributed by atoms with Crippen LogP contribution in [0, 0.1) is 0 Å². The summed E-state index contributed by atoms with van der Waals surface area (Å²) in [4.78, 5) is 25.1. The van der Waals surface area contributed by atoms with E-state index in [0.29, 0.717) is 12.1 Å². The van der Waals surface area contributed by atoms with E-state index in [-0.39, 0.29) is 36.8 Å². The van der Waals surface area contributed by atoms with E-state index in [1.54, 1.807) is 19.2 Å². The lowest BCUT2D eigenvalue weighted by Crippen LogP contribution is -2.40. The van der Waals surface area contributed by atoms with Crippen molar-refractivity contribution in [2.75, 3.05) is 13.6 Å². The highest BCUT2D eigenvalue weighted by molar-refractivity contribution is 5.96. The van der Waals surface area contributed by atoms with Crippen LogP contribution in [-0.2, 0) is 11.3 Å². The smallest absolute Gasteiger partial charge is 0.254 e. The molecule has 0 saturated heterocycles. The van der Waals surface area contributed by atoms with Crippen LogP contribution < -0.4 is 11.1 Å². The molecule has 20 heavy (non-hydrogen) atoms. The van der Waals surface area contributed by atoms with E-state index >= 15 is 0 Å². The zero-order chi connectivity index (χ0) is 14.4. The fourth-order valence-corrected chi connectivity index (χ4v) is 1.66. The molecular formula is C14H22ClN3O2. The van der Waals surface area contributed by atoms with Crippen molar-refractivity contribution >= 4 is 24.2 Å². The van der Waals surface area contributed by atoms with Crippen LogP contribution in [0.2, 0.25) is 0 Å². The standard InChI is InChI=1S/C14H21N3O2.ClH/c1-10(2)16-13(18)9-17(3)14(19)12-6-4-11(8-15)5-7-12;/h4-7,10H,8-9,15H2,1-3H3,(H,16,18);1H. The minimum Gasteiger partial charge on any atom is -0.352 e. The molecule has 1 rings (SSSR count). The Morgan fingerprint density at radius 1 is 1.25 bits per heavy atom. The molecule has 112 valence electrons. The first-order valence-corrected chi connectivity index (χ1v) is 6.28. The highest BCUT2D eigenvalue weighted by Crippen LogP contribution is 2.06. The van der Waals surface area contributed by atoms with E-state index in [2.05, 4.69) is 5.32 Å². The van der Waals surface area contributed by atoms with Crippen LogP contribution in [-0.4, -0.2) is 36.3 Å². The molecular weight excluding hydrogens is 278 g/mol. The molecule has 2 amide bonds. The number of nitrogens with two attached hydrogens (primary N) is 1. The molecule has 0 spiro atoms. The van der Waals surface area contributed by atoms with Crippen LogP contribution in [0.5, 0.6) is 0 Å². The molecule has 0 aromatic heterocycles. The van der Waals surface area contributed by atoms with Gasteiger partial charge in [-0.25, -0.2) is 0 Å². The van der Waals surface area contributed by atoms with Gasteiger partial charge in [0.2, 0.25) is 5.91 Å². The molecule has 5 nitrogen and oxygen atoms in total. The predicted octanol–water partition coefficient (Wildman–Crippen LogP) is 1.16. The van der Waals surface area contributed by atoms with E-state index in [4.69, 9.17) is 5.73 Å². The fourth-order valence-electron chi connectivity index (χ4n) is 1.66. The summed E-state index contributed by atoms with van der Waals surface area (Å²) in [6, 6.07) is 7.15. The van der Waals surface area contributed by atoms with Crippen LogP contribution in [0.3, 0.4) is 0 Å². The third-order valence-electron chi connectivity index (χ3n) is 2.61. The summed E-state index contributed by atoms with van der Waals surface area (Å²) >= 11 is 0. The second kappa shape index (κ2) is 8.55. The molecule has 0 unspecified atom stereocenters. The third kappa shape index (κ3) is 5.59. The lowest BCUT2D eigenvalue weighted by atomic mass is 10.1. The number of benzene rings is 1. The Labute approximate surface area is 125 Å². The number of carbonyl (C=O) groups is 2. The van der Waals surface area contributed by atoms with Crippen LogP contribution in [0.4, 0.5) is 0 Å². The van der Waals surface area contributed by atoms with E-state index < -0.39 is 0 Å². The minimum absolute atomic E-state index is 0. The fraction of sp³-hybridized carbons (Fsp3) is 0.429. The third-order valence-corrected chi connectivity index (χ3v) is 2.61. The van der Waals surface area contributed by atoms with Gasteiger partial charge in [-0.2, -0.15) is 0 Å². The second-order valence-electron chi connectivity index (χ2n) is 4.78. The van der Waals surface area contributed by atoms with Crippen molar-refractivity contribution in [1.82, 2.24) is 10.2 Å². The Balaban J connectivity index is 0.00000361. The summed E-state index contributed by atoms with van der Waals surface area (Å²) < 4.78 is 0. The Bertz CT molecular complexity index is 446. The van der Waals surface area contributed by atoms with Crippen molar-refractivity contribution in [2.45, 2.75) is 26.4 Å². The topological polar surface area (TPSA) is 75.4 Å². The first kappa shape index (κ1) is 18.4. The van der Waals surface area contributed by atoms with Crippen molar-refractivity contribution in [3.05, 3.63) is 35.4 Å². The summed E-state index contributed by atoms with van der Waals surface area (Å²) in [5.41, 5.74) is 7.02. The van der Waals surface area contributed by atoms with Crippen molar-refractivity contribution in [2.24, 2.45) is 5.73 Å². The molecule has 0 atom stereocenters. The predicted molar refractivity (Wildman–Crippen MR) is 81.8 cm³/mol. The summed E-state index contributed by atoms with van der Waals surface area (Å²) in [5.74, 6) is -0.341. The maximum atomic E-state index is 12.1. The monoisotopic (exact) mass is 299 g/mol. The number of hydrogen-bond acceptors (Lipinski definition) is 3. The Morgan fingerprint density at radius 3 is 2.25 bits per heavy atom. The van der Waals surface area contributed by atoms with Gasteiger partial charge in [0.25, 0.3) is 5.91 Å². The second-order valence-corrected chi connectivity index (χ2v) is 4.78. The van der Waals surface area contributed by atoms with Gasteiger partial charge in [0, 0.05) is 25.2 Å². The van der Waals surface area contributed by atoms with Crippen molar-refractivity contribution < 1.29 is 9.59 Å². The summed E-state index contributed by atoms with van der Waals surface area (Å²) in [7, 11) is 1.61. The zero-order valence-corrected chi connectivity index (χ0v) is 12.9. The van der Waals surface area contributed by atoms with Gasteiger partial charge in [-0.1, -0.05) is 12.1 Å². The number of halogens is 1. The van der Waals surface area contributed by atoms with Gasteiger partial charge in [-0.3, -0.25) is 9.59 Å². The number of amides is 2. The van der Waals surface area contributed by atoms with Crippen LogP contribution in [0.1, 0.15) is 29.8 Å². The van der Waals surface area contributed by atoms with Gasteiger partial charge in [0.1, 0.15) is 0 Å². The van der Waals surface area contributed by atoms with Crippen LogP contribution in [0.15, 0.2) is 24.3 Å². The molecule has 1 aromatic carbocycles. The number of carbonyl (C=O) groups excluding carboxylic acids is 2. The average Bonchev–Trinajstić information content (AvgIpc) is 2.36. The Hall–Kier alpha value is -1.59. The molecule has 0 bridgehead atoms. The van der Waals surface area contributed by atoms with Gasteiger partial charge in [-0.15, -0.1) is 12.4 Å². The first-order chi connectivity index (χ1) is 8.93. The molecule has 0 heterocycles. The molecule has 0 aliphatic heterocycles. The summed E-state index contributed by atoms with van der Waals surface area (Å²) in [6.07, 6.45) is 0. The summed E-state index contributed by atoms with van der Waals surface area (Å²) in [6.45, 7) is 4.26. The Morgan fingerprint density at radius 2 is 1.80 bits per heavy atom. The quantitative estimate of drug-likeness (QED) is 0.857. The normalized spacial score (nSPS) is 9.85. The van der Waals surface area contributed by atoms with E-state index in [1.807, 2.05) is 26.0 Å². The van der Waals surface area contributed by atoms with E-state index in [0.717, 1.165) is 5.56 Å². The molecule has 3 N–H and O–H groups in total. The average molecular weight is 300 g/mol. The SMILES string of the molecule is CC(C)NC(=O)CN(C)C(=O)c1ccc(CN)cc1.Cl. The van der Waals surface area contributed by atoms with E-state index in [9.17, 15) is 9.59 Å². The number of nitrogens with zero attached hydrogens (tertiary/aromatic N) is 1. The highest BCUT2D eigenvalue weighted by atomic mass is 35.5. The van der Waals surface area contributed by atoms with Gasteiger partial charge in [0.05, 0.1) is 6.54 Å². The zero-order valence-electron chi connectivity index (χ0n) is 12.1. The first-order valence-electron chi connectivity index (χ1n) is 6.28. The molecule has 0 aliphatic carbocycles. The Kier molecular flexibility index (Phi) is 7.87. The molecule has 0 saturated carbocycles.